The number of H-pyrrole nitrogens is 3. The maximum Gasteiger partial charge on any atom is 0.294 e. The molecular weight excluding hydrogens is 1860 g/mol. The van der Waals surface area contributed by atoms with Crippen LogP contribution in [0.2, 0.25) is 0 Å². The van der Waals surface area contributed by atoms with Gasteiger partial charge in [0.1, 0.15) is 52.1 Å². The van der Waals surface area contributed by atoms with Gasteiger partial charge in [0.2, 0.25) is 5.91 Å². The van der Waals surface area contributed by atoms with Gasteiger partial charge in [0.05, 0.1) is 101 Å². The van der Waals surface area contributed by atoms with E-state index in [1.807, 2.05) is 0 Å². The summed E-state index contributed by atoms with van der Waals surface area (Å²) < 4.78 is 142. The second kappa shape index (κ2) is 38.4. The summed E-state index contributed by atoms with van der Waals surface area (Å²) in [6.07, 6.45) is 4.31. The minimum Gasteiger partial charge on any atom is -0.376 e. The van der Waals surface area contributed by atoms with Crippen LogP contribution in [0.25, 0.3) is 0 Å². The van der Waals surface area contributed by atoms with Crippen LogP contribution in [-0.2, 0) is 102 Å². The van der Waals surface area contributed by atoms with Gasteiger partial charge in [-0.25, -0.2) is 39.5 Å². The maximum absolute atomic E-state index is 13.9. The van der Waals surface area contributed by atoms with Gasteiger partial charge >= 0.3 is 0 Å². The standard InChI is InChI=1S/C25H24F4N6O3.C24H23F3N6O3.C23H23FN6O4.C23H25FN4O5/c1-12-19(22(37)31-14-5-6-16(27)15(8-14)13(2)26)17-4-3-7-35(17)20(12)21(36)23(38)32-24(10-25(28,29)11-24)18-9-30-34-33-18;1-12-5-6-14(8-15(12)25)29-21(35)18-13(2)19(33-7-3-4-16(18)33)20(34)22(36)30-23(10-24(26,27)11-23)17-9-28-32-31-17;1-12-5-6-14(8-15(12)24)26-21(32)18-13(2)19(30-7-3-4-16(18)30)20(31)22(33)27-23(10-34-11-23)17-9-25-29-28-17;1-12-6-7-14(9-15(12)24)26-20(30)17-13(2)18(28-8-4-5-16(17)28)19(29)21(31)27-23(10-33-11-23)22(32)25-3/h5-6,8-9,13H,3-4,7,10-11H2,1-2H3,(H,31,37)(H,32,38)(H,30,33,34);5-6,8-9H,3-4,7,10-11H2,1-2H3,(H,29,35)(H,30,36)(H,28,31,32);5-6,8-9H,3-4,7,10-11H2,1-2H3,(H,26,32)(H,27,33)(H,25,28,29);6-7,9H,4-5,8,10-11H2,1-3H3,(H,25,32)(H,26,30)(H,27,31). The SMILES string of the molecule is CNC(=O)C1(NC(=O)C(=O)c2c(C)c(C(=O)Nc3ccc(C)c(F)c3)c3n2CCC3)COC1.Cc1c(C(=O)Nc2ccc(F)c(C(C)F)c2)c2n(c1C(=O)C(=O)NC1(c3cn[nH]n3)CC(F)(F)C1)CCC2.Cc1ccc(NC(=O)c2c(C)c(C(=O)C(=O)NC3(c4cn[nH]n4)CC(F)(F)C3)n3c2CCC3)cc1F.Cc1ccc(NC(=O)c2c(C)c(C(=O)C(=O)NC3(c4cn[nH]n4)COC3)n3c2CCC3)cc1F. The highest BCUT2D eigenvalue weighted by Gasteiger charge is 2.62. The van der Waals surface area contributed by atoms with Crippen LogP contribution in [-0.4, -0.2) is 192 Å². The average molecular weight is 1960 g/mol. The number of nitrogens with zero attached hydrogens (tertiary/aromatic N) is 10. The minimum absolute atomic E-state index is 0.0151. The van der Waals surface area contributed by atoms with E-state index in [9.17, 15) is 102 Å². The van der Waals surface area contributed by atoms with Crippen LogP contribution in [0.1, 0.15) is 232 Å². The quantitative estimate of drug-likeness (QED) is 0.0144. The van der Waals surface area contributed by atoms with Crippen LogP contribution in [0.5, 0.6) is 0 Å². The van der Waals surface area contributed by atoms with Crippen LogP contribution in [0.4, 0.5) is 62.3 Å². The lowest BCUT2D eigenvalue weighted by molar-refractivity contribution is -0.152. The Labute approximate surface area is 795 Å². The number of alkyl halides is 5. The molecule has 2 saturated carbocycles. The van der Waals surface area contributed by atoms with Gasteiger partial charge < -0.3 is 75.6 Å². The Morgan fingerprint density at radius 1 is 0.383 bits per heavy atom. The Hall–Kier alpha value is -15.4. The Morgan fingerprint density at radius 2 is 0.667 bits per heavy atom. The Kier molecular flexibility index (Phi) is 26.9. The number of hydrogen-bond acceptors (Lipinski definition) is 21. The van der Waals surface area contributed by atoms with E-state index >= 15 is 0 Å². The molecule has 4 aromatic carbocycles. The number of fused-ring (bicyclic) bond motifs is 4. The summed E-state index contributed by atoms with van der Waals surface area (Å²) in [6, 6.07) is 16.7. The number of anilines is 4. The molecule has 1 unspecified atom stereocenters. The lowest BCUT2D eigenvalue weighted by Gasteiger charge is -2.46. The van der Waals surface area contributed by atoms with E-state index in [0.717, 1.165) is 12.5 Å². The smallest absolute Gasteiger partial charge is 0.294 e. The van der Waals surface area contributed by atoms with Crippen molar-refractivity contribution < 1.29 is 111 Å². The average Bonchev–Trinajstić information content (AvgIpc) is 1.54. The predicted molar refractivity (Wildman–Crippen MR) is 482 cm³/mol. The van der Waals surface area contributed by atoms with Crippen LogP contribution in [0.15, 0.2) is 91.4 Å². The summed E-state index contributed by atoms with van der Waals surface area (Å²) in [5, 5.41) is 53.1. The van der Waals surface area contributed by atoms with E-state index < -0.39 is 165 Å². The number of aromatic amines is 3. The van der Waals surface area contributed by atoms with Crippen molar-refractivity contribution in [3.8, 4) is 0 Å². The normalized spacial score (nSPS) is 16.8. The van der Waals surface area contributed by atoms with E-state index in [0.29, 0.717) is 155 Å². The second-order valence-electron chi connectivity index (χ2n) is 36.3. The van der Waals surface area contributed by atoms with Gasteiger partial charge in [-0.3, -0.25) is 62.3 Å². The zero-order valence-electron chi connectivity index (χ0n) is 77.4. The molecule has 0 radical (unpaired) electrons. The predicted octanol–water partition coefficient (Wildman–Crippen LogP) is 10.1. The molecule has 11 aromatic rings. The van der Waals surface area contributed by atoms with Crippen molar-refractivity contribution in [1.29, 1.82) is 0 Å². The van der Waals surface area contributed by atoms with E-state index in [-0.39, 0.29) is 94.2 Å². The molecule has 0 spiro atoms. The van der Waals surface area contributed by atoms with Crippen LogP contribution in [0, 0.1) is 71.7 Å². The first-order valence-corrected chi connectivity index (χ1v) is 45.0. The highest BCUT2D eigenvalue weighted by Crippen LogP contribution is 2.53. The van der Waals surface area contributed by atoms with Crippen LogP contribution >= 0.6 is 0 Å². The summed E-state index contributed by atoms with van der Waals surface area (Å²) in [4.78, 5) is 170. The molecule has 738 valence electrons. The number of aryl methyl sites for hydroxylation is 3. The number of amides is 9. The van der Waals surface area contributed by atoms with Crippen molar-refractivity contribution in [1.82, 2.24) is 91.1 Å². The number of likely N-dealkylation sites (N-methyl/N-ethyl adjacent to an activating group) is 1. The topological polar surface area (TPSA) is 493 Å². The summed E-state index contributed by atoms with van der Waals surface area (Å²) >= 11 is 0. The summed E-state index contributed by atoms with van der Waals surface area (Å²) in [5.74, 6) is -18.0. The van der Waals surface area contributed by atoms with Crippen LogP contribution < -0.4 is 47.9 Å². The number of nitrogens with one attached hydrogen (secondary N) is 12. The lowest BCUT2D eigenvalue weighted by Crippen LogP contribution is -2.70. The number of benzene rings is 4. The zero-order valence-corrected chi connectivity index (χ0v) is 77.4. The Bertz CT molecular complexity index is 6950. The molecule has 8 aliphatic rings. The first kappa shape index (κ1) is 98.7. The summed E-state index contributed by atoms with van der Waals surface area (Å²) in [7, 11) is 1.44. The van der Waals surface area contributed by atoms with Gasteiger partial charge in [0.25, 0.3) is 82.2 Å². The number of aromatic nitrogens is 13. The van der Waals surface area contributed by atoms with E-state index in [1.165, 1.54) is 75.9 Å². The van der Waals surface area contributed by atoms with Gasteiger partial charge in [-0.15, -0.1) is 0 Å². The summed E-state index contributed by atoms with van der Waals surface area (Å²) in [5.41, 5.74) is 2.75. The lowest BCUT2D eigenvalue weighted by atomic mass is 9.71. The fraction of sp³-hybridized carbons (Fsp3) is 0.379. The molecule has 13 heterocycles. The number of ketones is 4. The third kappa shape index (κ3) is 18.8. The number of hydrogen-bond donors (Lipinski definition) is 12. The van der Waals surface area contributed by atoms with Crippen molar-refractivity contribution in [2.45, 2.75) is 199 Å². The molecule has 4 fully saturated rings. The molecule has 0 bridgehead atoms. The van der Waals surface area contributed by atoms with Crippen molar-refractivity contribution in [2.24, 2.45) is 0 Å². The highest BCUT2D eigenvalue weighted by molar-refractivity contribution is 6.45. The molecule has 1 atom stereocenters. The molecular formula is C95H95F9N22O15. The molecule has 37 nitrogen and oxygen atoms in total. The van der Waals surface area contributed by atoms with Gasteiger partial charge in [0, 0.05) is 110 Å². The van der Waals surface area contributed by atoms with Gasteiger partial charge in [-0.2, -0.15) is 46.2 Å². The fourth-order valence-corrected chi connectivity index (χ4v) is 19.5. The molecule has 7 aromatic heterocycles. The fourth-order valence-electron chi connectivity index (χ4n) is 19.5. The molecule has 2 saturated heterocycles. The van der Waals surface area contributed by atoms with E-state index in [1.54, 1.807) is 90.1 Å². The molecule has 2 aliphatic carbocycles. The third-order valence-electron chi connectivity index (χ3n) is 26.6. The second-order valence-corrected chi connectivity index (χ2v) is 36.3. The monoisotopic (exact) mass is 1950 g/mol. The molecule has 9 amide bonds. The number of carbonyl (C=O) groups is 13. The number of carbonyl (C=O) groups excluding carboxylic acids is 13. The molecule has 6 aliphatic heterocycles. The summed E-state index contributed by atoms with van der Waals surface area (Å²) in [6.45, 7) is 14.5. The molecule has 19 rings (SSSR count). The van der Waals surface area contributed by atoms with Gasteiger partial charge in [-0.1, -0.05) is 18.2 Å². The first-order chi connectivity index (χ1) is 66.9. The number of rotatable bonds is 25. The molecule has 141 heavy (non-hydrogen) atoms. The van der Waals surface area contributed by atoms with Crippen molar-refractivity contribution >= 4 is 99.0 Å². The molecule has 12 N–H and O–H groups in total. The third-order valence-corrected chi connectivity index (χ3v) is 26.6. The number of halogens is 9. The Balaban J connectivity index is 0.000000136. The largest absolute Gasteiger partial charge is 0.376 e. The molecule has 46 heteroatoms. The van der Waals surface area contributed by atoms with Gasteiger partial charge in [0.15, 0.2) is 5.54 Å². The van der Waals surface area contributed by atoms with Crippen molar-refractivity contribution in [2.75, 3.05) is 54.7 Å². The maximum atomic E-state index is 13.9. The Morgan fingerprint density at radius 3 is 0.922 bits per heavy atom. The highest BCUT2D eigenvalue weighted by atomic mass is 19.3. The first-order valence-electron chi connectivity index (χ1n) is 45.0. The number of Topliss-reactive ketones (excluding diaryl/α,β-unsaturated/α-hetero) is 4. The van der Waals surface area contributed by atoms with Crippen molar-refractivity contribution in [3.63, 3.8) is 0 Å². The van der Waals surface area contributed by atoms with Crippen molar-refractivity contribution in [3.05, 3.63) is 244 Å². The zero-order chi connectivity index (χ0) is 101. The van der Waals surface area contributed by atoms with Crippen LogP contribution in [0.3, 0.4) is 0 Å². The minimum atomic E-state index is -3.03. The van der Waals surface area contributed by atoms with Gasteiger partial charge in [-0.05, 0) is 200 Å². The van der Waals surface area contributed by atoms with E-state index in [2.05, 4.69) is 94.1 Å². The van der Waals surface area contributed by atoms with E-state index in [4.69, 9.17) is 9.47 Å². The number of ether oxygens (including phenoxy) is 2.